The first-order valence-corrected chi connectivity index (χ1v) is 9.04. The van der Waals surface area contributed by atoms with Crippen molar-refractivity contribution in [1.82, 2.24) is 29.7 Å². The monoisotopic (exact) mass is 354 g/mol. The van der Waals surface area contributed by atoms with Gasteiger partial charge in [-0.15, -0.1) is 0 Å². The van der Waals surface area contributed by atoms with Crippen LogP contribution in [0.2, 0.25) is 0 Å². The average Bonchev–Trinajstić information content (AvgIpc) is 2.63. The van der Waals surface area contributed by atoms with E-state index in [4.69, 9.17) is 0 Å². The third-order valence-corrected chi connectivity index (χ3v) is 4.63. The van der Waals surface area contributed by atoms with Gasteiger partial charge in [0.1, 0.15) is 11.5 Å². The second-order valence-corrected chi connectivity index (χ2v) is 7.17. The smallest absolute Gasteiger partial charge is 0.272 e. The van der Waals surface area contributed by atoms with E-state index in [-0.39, 0.29) is 5.91 Å². The van der Waals surface area contributed by atoms with Gasteiger partial charge in [0.05, 0.1) is 17.6 Å². The van der Waals surface area contributed by atoms with Gasteiger partial charge < -0.3 is 9.80 Å². The topological polar surface area (TPSA) is 75.1 Å². The summed E-state index contributed by atoms with van der Waals surface area (Å²) in [5.74, 6) is 1.17. The van der Waals surface area contributed by atoms with Gasteiger partial charge in [0.25, 0.3) is 5.91 Å². The Morgan fingerprint density at radius 1 is 1.15 bits per heavy atom. The number of aromatic nitrogens is 4. The van der Waals surface area contributed by atoms with Crippen molar-refractivity contribution in [2.75, 3.05) is 27.2 Å². The first-order chi connectivity index (χ1) is 12.5. The summed E-state index contributed by atoms with van der Waals surface area (Å²) >= 11 is 0. The van der Waals surface area contributed by atoms with Gasteiger partial charge in [-0.25, -0.2) is 9.97 Å². The molecule has 0 bridgehead atoms. The van der Waals surface area contributed by atoms with E-state index in [2.05, 4.69) is 24.8 Å². The number of nitrogens with zero attached hydrogens (tertiary/aromatic N) is 6. The number of piperidine rings is 1. The maximum absolute atomic E-state index is 12.6. The maximum atomic E-state index is 12.6. The molecule has 2 aromatic heterocycles. The summed E-state index contributed by atoms with van der Waals surface area (Å²) < 4.78 is 0. The largest absolute Gasteiger partial charge is 0.337 e. The van der Waals surface area contributed by atoms with Crippen molar-refractivity contribution < 1.29 is 4.79 Å². The van der Waals surface area contributed by atoms with Gasteiger partial charge >= 0.3 is 0 Å². The van der Waals surface area contributed by atoms with E-state index in [1.54, 1.807) is 19.2 Å². The van der Waals surface area contributed by atoms with Crippen LogP contribution < -0.4 is 0 Å². The first-order valence-electron chi connectivity index (χ1n) is 9.04. The molecular formula is C19H26N6O. The van der Waals surface area contributed by atoms with Gasteiger partial charge in [0.2, 0.25) is 0 Å². The van der Waals surface area contributed by atoms with Gasteiger partial charge in [-0.3, -0.25) is 14.8 Å². The molecule has 3 rings (SSSR count). The van der Waals surface area contributed by atoms with Crippen molar-refractivity contribution in [1.29, 1.82) is 0 Å². The van der Waals surface area contributed by atoms with Gasteiger partial charge in [0, 0.05) is 32.0 Å². The van der Waals surface area contributed by atoms with E-state index < -0.39 is 0 Å². The van der Waals surface area contributed by atoms with Crippen LogP contribution in [-0.2, 0) is 13.0 Å². The number of carbonyl (C=O) groups excluding carboxylic acids is 1. The zero-order valence-corrected chi connectivity index (χ0v) is 15.7. The Morgan fingerprint density at radius 3 is 2.46 bits per heavy atom. The van der Waals surface area contributed by atoms with Crippen molar-refractivity contribution in [2.45, 2.75) is 32.7 Å². The molecule has 3 heterocycles. The molecule has 0 unspecified atom stereocenters. The Bertz CT molecular complexity index is 738. The highest BCUT2D eigenvalue weighted by atomic mass is 16.2. The van der Waals surface area contributed by atoms with E-state index >= 15 is 0 Å². The van der Waals surface area contributed by atoms with Crippen LogP contribution in [-0.4, -0.2) is 62.8 Å². The SMILES string of the molecule is Cc1nccc(C(=O)N2CCC(Cc3cnc(CN(C)C)cn3)CC2)n1. The number of carbonyl (C=O) groups is 1. The predicted octanol–water partition coefficient (Wildman–Crippen LogP) is 1.73. The minimum atomic E-state index is 0.00165. The molecule has 1 amide bonds. The molecular weight excluding hydrogens is 328 g/mol. The van der Waals surface area contributed by atoms with E-state index in [9.17, 15) is 4.79 Å². The third kappa shape index (κ3) is 4.82. The maximum Gasteiger partial charge on any atom is 0.272 e. The minimum Gasteiger partial charge on any atom is -0.337 e. The van der Waals surface area contributed by atoms with Crippen molar-refractivity contribution >= 4 is 5.91 Å². The molecule has 1 saturated heterocycles. The van der Waals surface area contributed by atoms with Gasteiger partial charge in [-0.2, -0.15) is 0 Å². The van der Waals surface area contributed by atoms with Gasteiger partial charge in [-0.1, -0.05) is 0 Å². The summed E-state index contributed by atoms with van der Waals surface area (Å²) in [5.41, 5.74) is 2.50. The van der Waals surface area contributed by atoms with Crippen LogP contribution in [0.3, 0.4) is 0 Å². The minimum absolute atomic E-state index is 0.00165. The molecule has 0 N–H and O–H groups in total. The van der Waals surface area contributed by atoms with Crippen molar-refractivity contribution in [3.63, 3.8) is 0 Å². The standard InChI is InChI=1S/C19H26N6O/c1-14-20-7-4-18(23-14)19(26)25-8-5-15(6-9-25)10-16-11-22-17(12-21-16)13-24(2)3/h4,7,11-12,15H,5-6,8-10,13H2,1-3H3. The molecule has 1 aliphatic rings. The Hall–Kier alpha value is -2.41. The number of aryl methyl sites for hydroxylation is 1. The van der Waals surface area contributed by atoms with E-state index in [1.807, 2.05) is 31.4 Å². The van der Waals surface area contributed by atoms with Crippen molar-refractivity contribution in [3.05, 3.63) is 47.6 Å². The Labute approximate surface area is 154 Å². The molecule has 0 aliphatic carbocycles. The Morgan fingerprint density at radius 2 is 1.85 bits per heavy atom. The van der Waals surface area contributed by atoms with E-state index in [1.165, 1.54) is 0 Å². The fraction of sp³-hybridized carbons (Fsp3) is 0.526. The molecule has 7 nitrogen and oxygen atoms in total. The lowest BCUT2D eigenvalue weighted by Crippen LogP contribution is -2.39. The number of hydrogen-bond donors (Lipinski definition) is 0. The molecule has 1 fully saturated rings. The van der Waals surface area contributed by atoms with Gasteiger partial charge in [-0.05, 0) is 52.3 Å². The summed E-state index contributed by atoms with van der Waals surface area (Å²) in [6.45, 7) is 4.13. The zero-order valence-electron chi connectivity index (χ0n) is 15.7. The van der Waals surface area contributed by atoms with Crippen LogP contribution in [0.15, 0.2) is 24.7 Å². The molecule has 26 heavy (non-hydrogen) atoms. The predicted molar refractivity (Wildman–Crippen MR) is 98.5 cm³/mol. The van der Waals surface area contributed by atoms with E-state index in [0.29, 0.717) is 17.4 Å². The fourth-order valence-electron chi connectivity index (χ4n) is 3.27. The number of hydrogen-bond acceptors (Lipinski definition) is 6. The molecule has 2 aromatic rings. The molecule has 138 valence electrons. The summed E-state index contributed by atoms with van der Waals surface area (Å²) in [6.07, 6.45) is 8.28. The summed E-state index contributed by atoms with van der Waals surface area (Å²) in [7, 11) is 4.04. The third-order valence-electron chi connectivity index (χ3n) is 4.63. The number of rotatable bonds is 5. The molecule has 0 saturated carbocycles. The first kappa shape index (κ1) is 18.4. The highest BCUT2D eigenvalue weighted by molar-refractivity contribution is 5.92. The second kappa shape index (κ2) is 8.31. The van der Waals surface area contributed by atoms with Crippen LogP contribution >= 0.6 is 0 Å². The average molecular weight is 354 g/mol. The van der Waals surface area contributed by atoms with Crippen LogP contribution in [0.25, 0.3) is 0 Å². The highest BCUT2D eigenvalue weighted by Gasteiger charge is 2.25. The number of amides is 1. The Balaban J connectivity index is 1.51. The second-order valence-electron chi connectivity index (χ2n) is 7.17. The molecule has 0 atom stereocenters. The summed E-state index contributed by atoms with van der Waals surface area (Å²) in [4.78, 5) is 33.9. The lowest BCUT2D eigenvalue weighted by molar-refractivity contribution is 0.0683. The van der Waals surface area contributed by atoms with Crippen LogP contribution in [0.5, 0.6) is 0 Å². The lowest BCUT2D eigenvalue weighted by atomic mass is 9.92. The molecule has 1 aliphatic heterocycles. The molecule has 7 heteroatoms. The van der Waals surface area contributed by atoms with Gasteiger partial charge in [0.15, 0.2) is 0 Å². The van der Waals surface area contributed by atoms with Crippen molar-refractivity contribution in [2.24, 2.45) is 5.92 Å². The molecule has 0 radical (unpaired) electrons. The van der Waals surface area contributed by atoms with Crippen LogP contribution in [0.1, 0.15) is 40.5 Å². The van der Waals surface area contributed by atoms with Crippen molar-refractivity contribution in [3.8, 4) is 0 Å². The lowest BCUT2D eigenvalue weighted by Gasteiger charge is -2.31. The molecule has 0 spiro atoms. The Kier molecular flexibility index (Phi) is 5.88. The van der Waals surface area contributed by atoms with Crippen LogP contribution in [0.4, 0.5) is 0 Å². The fourth-order valence-corrected chi connectivity index (χ4v) is 3.27. The quantitative estimate of drug-likeness (QED) is 0.814. The molecule has 0 aromatic carbocycles. The zero-order chi connectivity index (χ0) is 18.5. The highest BCUT2D eigenvalue weighted by Crippen LogP contribution is 2.22. The normalized spacial score (nSPS) is 15.5. The summed E-state index contributed by atoms with van der Waals surface area (Å²) in [5, 5.41) is 0. The number of likely N-dealkylation sites (tertiary alicyclic amines) is 1. The van der Waals surface area contributed by atoms with E-state index in [0.717, 1.165) is 50.3 Å². The van der Waals surface area contributed by atoms with Crippen LogP contribution in [0, 0.1) is 12.8 Å². The summed E-state index contributed by atoms with van der Waals surface area (Å²) in [6, 6.07) is 1.69.